The predicted octanol–water partition coefficient (Wildman–Crippen LogP) is 3.31. The summed E-state index contributed by atoms with van der Waals surface area (Å²) in [6.45, 7) is 0.940. The summed E-state index contributed by atoms with van der Waals surface area (Å²) in [6, 6.07) is 0.855. The van der Waals surface area contributed by atoms with Crippen molar-refractivity contribution >= 4 is 35.5 Å². The van der Waals surface area contributed by atoms with Crippen LogP contribution in [-0.4, -0.2) is 70.6 Å². The minimum Gasteiger partial charge on any atom is -0.481 e. The molecule has 2 fully saturated rings. The molecule has 2 saturated heterocycles. The van der Waals surface area contributed by atoms with Crippen LogP contribution >= 0.6 is 11.6 Å². The van der Waals surface area contributed by atoms with Crippen LogP contribution in [0.1, 0.15) is 24.8 Å². The fourth-order valence-corrected chi connectivity index (χ4v) is 5.31. The Balaban J connectivity index is 1.77. The Morgan fingerprint density at radius 3 is 2.77 bits per heavy atom. The van der Waals surface area contributed by atoms with E-state index in [4.69, 9.17) is 11.6 Å². The molecule has 0 aliphatic carbocycles. The molecular weight excluding hydrogens is 494 g/mol. The first-order valence-corrected chi connectivity index (χ1v) is 11.5. The Hall–Kier alpha value is -2.86. The number of hydrogen-bond donors (Lipinski definition) is 3. The Morgan fingerprint density at radius 1 is 1.31 bits per heavy atom. The molecule has 13 heteroatoms. The molecule has 4 atom stereocenters. The number of piperidine rings is 2. The largest absolute Gasteiger partial charge is 0.481 e. The third-order valence-electron chi connectivity index (χ3n) is 6.67. The molecule has 35 heavy (non-hydrogen) atoms. The van der Waals surface area contributed by atoms with Crippen LogP contribution in [-0.2, 0) is 15.8 Å². The lowest BCUT2D eigenvalue weighted by Gasteiger charge is -2.50. The highest BCUT2D eigenvalue weighted by atomic mass is 35.5. The summed E-state index contributed by atoms with van der Waals surface area (Å²) in [7, 11) is 0. The lowest BCUT2D eigenvalue weighted by Crippen LogP contribution is -2.70. The van der Waals surface area contributed by atoms with Gasteiger partial charge in [0.25, 0.3) is 5.91 Å². The second-order valence-electron chi connectivity index (χ2n) is 8.82. The van der Waals surface area contributed by atoms with Crippen molar-refractivity contribution in [2.45, 2.75) is 43.1 Å². The SMILES string of the molecule is O=C(O)C1CCNCC1N1CCC[C@](Nc2cc(Cl)cc(C(F)(F)F)c2)(C2C=CN=CN2F)C1=O. The number of aliphatic carboxylic acids is 1. The first-order valence-electron chi connectivity index (χ1n) is 11.1. The van der Waals surface area contributed by atoms with Gasteiger partial charge in [-0.15, -0.1) is 0 Å². The Labute approximate surface area is 203 Å². The molecule has 4 rings (SSSR count). The molecule has 0 bridgehead atoms. The number of nitrogens with one attached hydrogen (secondary N) is 2. The highest BCUT2D eigenvalue weighted by Crippen LogP contribution is 2.39. The van der Waals surface area contributed by atoms with Crippen LogP contribution in [0.3, 0.4) is 0 Å². The van der Waals surface area contributed by atoms with E-state index in [1.165, 1.54) is 23.2 Å². The molecule has 3 N–H and O–H groups in total. The summed E-state index contributed by atoms with van der Waals surface area (Å²) in [6.07, 6.45) is -0.417. The molecule has 3 unspecified atom stereocenters. The number of carbonyl (C=O) groups excluding carboxylic acids is 1. The normalized spacial score (nSPS) is 29.4. The fourth-order valence-electron chi connectivity index (χ4n) is 5.08. The van der Waals surface area contributed by atoms with E-state index in [2.05, 4.69) is 15.6 Å². The van der Waals surface area contributed by atoms with E-state index < -0.39 is 47.2 Å². The number of benzene rings is 1. The van der Waals surface area contributed by atoms with E-state index in [1.54, 1.807) is 0 Å². The molecule has 0 saturated carbocycles. The van der Waals surface area contributed by atoms with Gasteiger partial charge in [-0.3, -0.25) is 9.59 Å². The zero-order valence-corrected chi connectivity index (χ0v) is 19.2. The molecule has 8 nitrogen and oxygen atoms in total. The topological polar surface area (TPSA) is 97.3 Å². The van der Waals surface area contributed by atoms with Crippen molar-refractivity contribution in [3.05, 3.63) is 41.1 Å². The number of carbonyl (C=O) groups is 2. The van der Waals surface area contributed by atoms with Gasteiger partial charge in [0.2, 0.25) is 0 Å². The minimum atomic E-state index is -4.69. The maximum absolute atomic E-state index is 15.0. The molecule has 0 radical (unpaired) electrons. The molecule has 0 aromatic heterocycles. The molecule has 0 spiro atoms. The Kier molecular flexibility index (Phi) is 6.96. The molecule has 1 amide bonds. The van der Waals surface area contributed by atoms with Crippen LogP contribution in [0, 0.1) is 5.92 Å². The summed E-state index contributed by atoms with van der Waals surface area (Å²) in [5.74, 6) is -2.48. The molecule has 3 heterocycles. The van der Waals surface area contributed by atoms with Crippen LogP contribution in [0.15, 0.2) is 35.5 Å². The van der Waals surface area contributed by atoms with Gasteiger partial charge in [0.05, 0.1) is 17.5 Å². The van der Waals surface area contributed by atoms with E-state index in [0.29, 0.717) is 19.4 Å². The van der Waals surface area contributed by atoms with Crippen LogP contribution in [0.2, 0.25) is 5.02 Å². The lowest BCUT2D eigenvalue weighted by atomic mass is 9.78. The summed E-state index contributed by atoms with van der Waals surface area (Å²) in [5.41, 5.74) is -2.88. The number of nitrogens with zero attached hydrogens (tertiary/aromatic N) is 3. The van der Waals surface area contributed by atoms with Crippen molar-refractivity contribution in [3.8, 4) is 0 Å². The zero-order chi connectivity index (χ0) is 25.4. The van der Waals surface area contributed by atoms with Crippen molar-refractivity contribution in [1.29, 1.82) is 0 Å². The van der Waals surface area contributed by atoms with Gasteiger partial charge in [-0.1, -0.05) is 16.1 Å². The van der Waals surface area contributed by atoms with Crippen LogP contribution in [0.5, 0.6) is 0 Å². The van der Waals surface area contributed by atoms with Crippen molar-refractivity contribution in [1.82, 2.24) is 15.3 Å². The Morgan fingerprint density at radius 2 is 2.09 bits per heavy atom. The molecule has 3 aliphatic heterocycles. The molecule has 3 aliphatic rings. The molecule has 1 aromatic rings. The molecule has 1 aromatic carbocycles. The van der Waals surface area contributed by atoms with E-state index in [-0.39, 0.29) is 35.3 Å². The number of alkyl halides is 3. The summed E-state index contributed by atoms with van der Waals surface area (Å²) in [4.78, 5) is 31.0. The van der Waals surface area contributed by atoms with Gasteiger partial charge in [0.1, 0.15) is 17.9 Å². The van der Waals surface area contributed by atoms with Gasteiger partial charge >= 0.3 is 12.1 Å². The number of carboxylic acids is 1. The number of aliphatic imine (C=N–C) groups is 1. The average Bonchev–Trinajstić information content (AvgIpc) is 2.80. The standard InChI is InChI=1S/C22H24ClF4N5O3/c23-14-8-13(22(24,25)26)9-15(10-14)30-21(18-3-6-29-12-32(18)27)4-1-7-31(20(21)35)17-11-28-5-2-16(17)19(33)34/h3,6,8-10,12,16-18,28,30H,1-2,4-5,7,11H2,(H,33,34)/t16?,17?,18?,21-/m0/s1. The summed E-state index contributed by atoms with van der Waals surface area (Å²) < 4.78 is 55.2. The van der Waals surface area contributed by atoms with Crippen molar-refractivity contribution in [2.24, 2.45) is 10.9 Å². The number of amides is 1. The van der Waals surface area contributed by atoms with E-state index in [0.717, 1.165) is 18.5 Å². The number of anilines is 1. The van der Waals surface area contributed by atoms with Crippen LogP contribution in [0.4, 0.5) is 23.3 Å². The average molecular weight is 518 g/mol. The molecular formula is C22H24ClF4N5O3. The highest BCUT2D eigenvalue weighted by Gasteiger charge is 2.54. The monoisotopic (exact) mass is 517 g/mol. The van der Waals surface area contributed by atoms with Crippen LogP contribution in [0.25, 0.3) is 0 Å². The smallest absolute Gasteiger partial charge is 0.416 e. The number of hydrogen-bond acceptors (Lipinski definition) is 6. The van der Waals surface area contributed by atoms with E-state index in [1.807, 2.05) is 0 Å². The second-order valence-corrected chi connectivity index (χ2v) is 9.26. The van der Waals surface area contributed by atoms with E-state index in [9.17, 15) is 32.3 Å². The third kappa shape index (κ3) is 4.94. The number of halogens is 5. The highest BCUT2D eigenvalue weighted by molar-refractivity contribution is 6.31. The first-order chi connectivity index (χ1) is 16.5. The second kappa shape index (κ2) is 9.65. The van der Waals surface area contributed by atoms with Crippen molar-refractivity contribution in [2.75, 3.05) is 25.0 Å². The number of carboxylic acid groups (broad SMARTS) is 1. The van der Waals surface area contributed by atoms with Gasteiger partial charge in [0.15, 0.2) is 0 Å². The third-order valence-corrected chi connectivity index (χ3v) is 6.89. The van der Waals surface area contributed by atoms with Gasteiger partial charge < -0.3 is 20.6 Å². The van der Waals surface area contributed by atoms with Gasteiger partial charge in [0, 0.05) is 30.0 Å². The van der Waals surface area contributed by atoms with Gasteiger partial charge in [-0.25, -0.2) is 4.99 Å². The van der Waals surface area contributed by atoms with Gasteiger partial charge in [-0.05, 0) is 50.1 Å². The zero-order valence-electron chi connectivity index (χ0n) is 18.4. The lowest BCUT2D eigenvalue weighted by molar-refractivity contribution is -0.153. The summed E-state index contributed by atoms with van der Waals surface area (Å²) >= 11 is 5.95. The maximum Gasteiger partial charge on any atom is 0.416 e. The maximum atomic E-state index is 15.0. The van der Waals surface area contributed by atoms with Crippen molar-refractivity contribution in [3.63, 3.8) is 0 Å². The number of rotatable bonds is 5. The quantitative estimate of drug-likeness (QED) is 0.410. The van der Waals surface area contributed by atoms with Gasteiger partial charge in [-0.2, -0.15) is 18.3 Å². The molecule has 190 valence electrons. The predicted molar refractivity (Wildman–Crippen MR) is 121 cm³/mol. The fraction of sp³-hybridized carbons (Fsp3) is 0.500. The van der Waals surface area contributed by atoms with Crippen LogP contribution < -0.4 is 10.6 Å². The number of likely N-dealkylation sites (tertiary alicyclic amines) is 1. The van der Waals surface area contributed by atoms with E-state index >= 15 is 0 Å². The Bertz CT molecular complexity index is 1050. The first kappa shape index (κ1) is 25.2. The summed E-state index contributed by atoms with van der Waals surface area (Å²) in [5, 5.41) is 15.7. The van der Waals surface area contributed by atoms with Crippen molar-refractivity contribution < 1.29 is 32.3 Å². The minimum absolute atomic E-state index is 0.0807.